The van der Waals surface area contributed by atoms with E-state index in [0.717, 1.165) is 43.4 Å². The van der Waals surface area contributed by atoms with E-state index in [-0.39, 0.29) is 0 Å². The van der Waals surface area contributed by atoms with Gasteiger partial charge in [0.15, 0.2) is 5.82 Å². The van der Waals surface area contributed by atoms with Crippen molar-refractivity contribution in [1.29, 1.82) is 0 Å². The highest BCUT2D eigenvalue weighted by Crippen LogP contribution is 2.34. The zero-order valence-electron chi connectivity index (χ0n) is 13.8. The number of hydrogen-bond acceptors (Lipinski definition) is 4. The summed E-state index contributed by atoms with van der Waals surface area (Å²) in [6.07, 6.45) is 8.12. The van der Waals surface area contributed by atoms with Crippen molar-refractivity contribution in [2.75, 3.05) is 6.54 Å². The molecule has 4 heteroatoms. The molecule has 0 amide bonds. The highest BCUT2D eigenvalue weighted by molar-refractivity contribution is 4.98. The first kappa shape index (κ1) is 16.5. The van der Waals surface area contributed by atoms with E-state index in [1.165, 1.54) is 25.7 Å². The first-order chi connectivity index (χ1) is 10.1. The van der Waals surface area contributed by atoms with Crippen molar-refractivity contribution >= 4 is 0 Å². The average Bonchev–Trinajstić information content (AvgIpc) is 2.92. The Morgan fingerprint density at radius 1 is 1.29 bits per heavy atom. The van der Waals surface area contributed by atoms with Crippen molar-refractivity contribution in [3.8, 4) is 0 Å². The minimum atomic E-state index is 0.510. The maximum Gasteiger partial charge on any atom is 0.226 e. The zero-order valence-corrected chi connectivity index (χ0v) is 13.8. The second-order valence-corrected chi connectivity index (χ2v) is 7.14. The standard InChI is InChI=1S/C17H31N3O/c1-12(2)14(9-10-18)7-8-16-19-17(20-21-16)15-6-4-5-13(3)11-15/h12-15H,4-11,18H2,1-3H3. The van der Waals surface area contributed by atoms with Crippen LogP contribution in [0.2, 0.25) is 0 Å². The molecule has 0 aliphatic heterocycles. The lowest BCUT2D eigenvalue weighted by molar-refractivity contribution is 0.305. The number of nitrogens with two attached hydrogens (primary N) is 1. The van der Waals surface area contributed by atoms with Crippen LogP contribution < -0.4 is 5.73 Å². The summed E-state index contributed by atoms with van der Waals surface area (Å²) in [6, 6.07) is 0. The molecule has 0 saturated heterocycles. The predicted octanol–water partition coefficient (Wildman–Crippen LogP) is 3.92. The molecule has 1 heterocycles. The van der Waals surface area contributed by atoms with Crippen LogP contribution in [0.3, 0.4) is 0 Å². The molecule has 0 aromatic carbocycles. The maximum absolute atomic E-state index is 5.70. The Hall–Kier alpha value is -0.900. The van der Waals surface area contributed by atoms with E-state index in [4.69, 9.17) is 10.3 Å². The predicted molar refractivity (Wildman–Crippen MR) is 85.0 cm³/mol. The molecule has 1 aliphatic carbocycles. The van der Waals surface area contributed by atoms with Gasteiger partial charge >= 0.3 is 0 Å². The Balaban J connectivity index is 1.87. The first-order valence-electron chi connectivity index (χ1n) is 8.62. The topological polar surface area (TPSA) is 64.9 Å². The molecule has 1 saturated carbocycles. The zero-order chi connectivity index (χ0) is 15.2. The third-order valence-corrected chi connectivity index (χ3v) is 4.99. The number of nitrogens with zero attached hydrogens (tertiary/aromatic N) is 2. The van der Waals surface area contributed by atoms with Gasteiger partial charge in [-0.2, -0.15) is 4.98 Å². The summed E-state index contributed by atoms with van der Waals surface area (Å²) in [5, 5.41) is 4.23. The van der Waals surface area contributed by atoms with Crippen LogP contribution in [0.1, 0.15) is 76.9 Å². The van der Waals surface area contributed by atoms with Gasteiger partial charge in [0.2, 0.25) is 5.89 Å². The lowest BCUT2D eigenvalue weighted by atomic mass is 9.82. The molecule has 3 atom stereocenters. The lowest BCUT2D eigenvalue weighted by Crippen LogP contribution is -2.15. The second kappa shape index (κ2) is 7.92. The molecule has 1 aromatic rings. The van der Waals surface area contributed by atoms with Gasteiger partial charge in [0, 0.05) is 12.3 Å². The van der Waals surface area contributed by atoms with Crippen LogP contribution in [0.25, 0.3) is 0 Å². The van der Waals surface area contributed by atoms with Crippen LogP contribution in [0.5, 0.6) is 0 Å². The molecule has 4 nitrogen and oxygen atoms in total. The van der Waals surface area contributed by atoms with Gasteiger partial charge in [-0.15, -0.1) is 0 Å². The molecule has 21 heavy (non-hydrogen) atoms. The lowest BCUT2D eigenvalue weighted by Gasteiger charge is -2.23. The smallest absolute Gasteiger partial charge is 0.226 e. The molecule has 1 aliphatic rings. The summed E-state index contributed by atoms with van der Waals surface area (Å²) < 4.78 is 5.47. The average molecular weight is 293 g/mol. The van der Waals surface area contributed by atoms with Crippen molar-refractivity contribution in [3.05, 3.63) is 11.7 Å². The Bertz CT molecular complexity index is 416. The first-order valence-corrected chi connectivity index (χ1v) is 8.62. The monoisotopic (exact) mass is 293 g/mol. The fourth-order valence-corrected chi connectivity index (χ4v) is 3.54. The highest BCUT2D eigenvalue weighted by Gasteiger charge is 2.24. The van der Waals surface area contributed by atoms with E-state index in [1.807, 2.05) is 0 Å². The molecular formula is C17H31N3O. The van der Waals surface area contributed by atoms with Crippen LogP contribution in [0.4, 0.5) is 0 Å². The molecule has 2 N–H and O–H groups in total. The van der Waals surface area contributed by atoms with Crippen LogP contribution in [-0.4, -0.2) is 16.7 Å². The van der Waals surface area contributed by atoms with Gasteiger partial charge in [0.25, 0.3) is 0 Å². The Morgan fingerprint density at radius 2 is 2.10 bits per heavy atom. The van der Waals surface area contributed by atoms with Gasteiger partial charge in [-0.3, -0.25) is 0 Å². The number of aryl methyl sites for hydroxylation is 1. The quantitative estimate of drug-likeness (QED) is 0.827. The van der Waals surface area contributed by atoms with Crippen LogP contribution >= 0.6 is 0 Å². The fourth-order valence-electron chi connectivity index (χ4n) is 3.54. The van der Waals surface area contributed by atoms with E-state index in [2.05, 4.69) is 30.9 Å². The van der Waals surface area contributed by atoms with Gasteiger partial charge in [-0.25, -0.2) is 0 Å². The van der Waals surface area contributed by atoms with Gasteiger partial charge in [-0.05, 0) is 50.0 Å². The van der Waals surface area contributed by atoms with E-state index < -0.39 is 0 Å². The summed E-state index contributed by atoms with van der Waals surface area (Å²) in [5.41, 5.74) is 5.70. The summed E-state index contributed by atoms with van der Waals surface area (Å²) in [4.78, 5) is 4.65. The molecule has 0 spiro atoms. The summed E-state index contributed by atoms with van der Waals surface area (Å²) in [6.45, 7) is 7.62. The molecule has 0 bridgehead atoms. The normalized spacial score (nSPS) is 24.4. The summed E-state index contributed by atoms with van der Waals surface area (Å²) in [7, 11) is 0. The van der Waals surface area contributed by atoms with E-state index in [0.29, 0.717) is 17.8 Å². The molecule has 3 unspecified atom stereocenters. The Kier molecular flexibility index (Phi) is 6.22. The Labute approximate surface area is 128 Å². The maximum atomic E-state index is 5.70. The molecule has 1 aromatic heterocycles. The van der Waals surface area contributed by atoms with Crippen molar-refractivity contribution in [2.45, 2.75) is 71.6 Å². The molecule has 2 rings (SSSR count). The number of hydrogen-bond donors (Lipinski definition) is 1. The minimum absolute atomic E-state index is 0.510. The molecular weight excluding hydrogens is 262 g/mol. The minimum Gasteiger partial charge on any atom is -0.339 e. The largest absolute Gasteiger partial charge is 0.339 e. The van der Waals surface area contributed by atoms with Gasteiger partial charge in [-0.1, -0.05) is 38.8 Å². The van der Waals surface area contributed by atoms with Crippen molar-refractivity contribution in [3.63, 3.8) is 0 Å². The van der Waals surface area contributed by atoms with Crippen molar-refractivity contribution in [1.82, 2.24) is 10.1 Å². The van der Waals surface area contributed by atoms with E-state index >= 15 is 0 Å². The van der Waals surface area contributed by atoms with Gasteiger partial charge in [0.1, 0.15) is 0 Å². The fraction of sp³-hybridized carbons (Fsp3) is 0.882. The van der Waals surface area contributed by atoms with Gasteiger partial charge in [0.05, 0.1) is 0 Å². The highest BCUT2D eigenvalue weighted by atomic mass is 16.5. The number of rotatable bonds is 7. The van der Waals surface area contributed by atoms with Gasteiger partial charge < -0.3 is 10.3 Å². The molecule has 1 fully saturated rings. The van der Waals surface area contributed by atoms with Crippen LogP contribution in [-0.2, 0) is 6.42 Å². The van der Waals surface area contributed by atoms with Crippen LogP contribution in [0.15, 0.2) is 4.52 Å². The summed E-state index contributed by atoms with van der Waals surface area (Å²) >= 11 is 0. The van der Waals surface area contributed by atoms with Crippen LogP contribution in [0, 0.1) is 17.8 Å². The third-order valence-electron chi connectivity index (χ3n) is 4.99. The van der Waals surface area contributed by atoms with Crippen molar-refractivity contribution in [2.24, 2.45) is 23.5 Å². The molecule has 120 valence electrons. The summed E-state index contributed by atoms with van der Waals surface area (Å²) in [5.74, 6) is 4.37. The Morgan fingerprint density at radius 3 is 2.76 bits per heavy atom. The van der Waals surface area contributed by atoms with Crippen molar-refractivity contribution < 1.29 is 4.52 Å². The SMILES string of the molecule is CC1CCCC(c2noc(CCC(CCN)C(C)C)n2)C1. The number of aromatic nitrogens is 2. The third kappa shape index (κ3) is 4.80. The second-order valence-electron chi connectivity index (χ2n) is 7.14. The molecule has 0 radical (unpaired) electrons. The van der Waals surface area contributed by atoms with E-state index in [9.17, 15) is 0 Å². The van der Waals surface area contributed by atoms with E-state index in [1.54, 1.807) is 0 Å².